The zero-order valence-electron chi connectivity index (χ0n) is 24.5. The lowest BCUT2D eigenvalue weighted by atomic mass is 10.1. The number of sulfonamides is 1. The fraction of sp³-hybridized carbons (Fsp3) is 0.375. The van der Waals surface area contributed by atoms with Gasteiger partial charge in [0, 0.05) is 18.1 Å². The number of nitrogens with zero attached hydrogens (tertiary/aromatic N) is 2. The topological polar surface area (TPSA) is 86.8 Å². The second kappa shape index (κ2) is 14.5. The number of unbranched alkanes of at least 4 members (excludes halogenated alkanes) is 1. The summed E-state index contributed by atoms with van der Waals surface area (Å²) >= 11 is 6.30. The van der Waals surface area contributed by atoms with E-state index in [1.54, 1.807) is 37.3 Å². The van der Waals surface area contributed by atoms with E-state index in [2.05, 4.69) is 5.32 Å². The highest BCUT2D eigenvalue weighted by atomic mass is 35.5. The molecule has 0 radical (unpaired) electrons. The van der Waals surface area contributed by atoms with Crippen LogP contribution in [0.3, 0.4) is 0 Å². The van der Waals surface area contributed by atoms with Crippen molar-refractivity contribution >= 4 is 39.1 Å². The number of benzene rings is 3. The van der Waals surface area contributed by atoms with Crippen molar-refractivity contribution in [3.8, 4) is 0 Å². The standard InChI is InChI=1S/C32H40ClN3O4S/c1-6-8-18-34-32(38)29(7-2)35(21-26-11-9-10-24(4)19-26)31(37)22-36(30-20-27(33)15-14-25(30)5)41(39,40)28-16-12-23(3)13-17-28/h9-17,19-20,29H,6-8,18,21-22H2,1-5H3,(H,34,38). The summed E-state index contributed by atoms with van der Waals surface area (Å²) in [6.45, 7) is 9.67. The molecule has 220 valence electrons. The minimum atomic E-state index is -4.16. The maximum atomic E-state index is 14.2. The van der Waals surface area contributed by atoms with E-state index >= 15 is 0 Å². The van der Waals surface area contributed by atoms with Crippen LogP contribution in [0.1, 0.15) is 55.4 Å². The predicted molar refractivity (Wildman–Crippen MR) is 166 cm³/mol. The molecule has 0 spiro atoms. The summed E-state index contributed by atoms with van der Waals surface area (Å²) < 4.78 is 29.2. The summed E-state index contributed by atoms with van der Waals surface area (Å²) in [7, 11) is -4.16. The monoisotopic (exact) mass is 597 g/mol. The van der Waals surface area contributed by atoms with Crippen LogP contribution in [-0.2, 0) is 26.2 Å². The zero-order valence-corrected chi connectivity index (χ0v) is 26.1. The first-order valence-corrected chi connectivity index (χ1v) is 15.8. The molecule has 3 aromatic rings. The fourth-order valence-electron chi connectivity index (χ4n) is 4.63. The van der Waals surface area contributed by atoms with Gasteiger partial charge in [-0.05, 0) is 69.0 Å². The molecule has 0 heterocycles. The van der Waals surface area contributed by atoms with Crippen molar-refractivity contribution in [2.75, 3.05) is 17.4 Å². The molecule has 9 heteroatoms. The van der Waals surface area contributed by atoms with Gasteiger partial charge < -0.3 is 10.2 Å². The second-order valence-electron chi connectivity index (χ2n) is 10.3. The van der Waals surface area contributed by atoms with Gasteiger partial charge in [-0.15, -0.1) is 0 Å². The molecule has 41 heavy (non-hydrogen) atoms. The van der Waals surface area contributed by atoms with Gasteiger partial charge in [-0.1, -0.05) is 85.5 Å². The Kier molecular flexibility index (Phi) is 11.4. The fourth-order valence-corrected chi connectivity index (χ4v) is 6.27. The number of hydrogen-bond donors (Lipinski definition) is 1. The van der Waals surface area contributed by atoms with Gasteiger partial charge in [0.15, 0.2) is 0 Å². The largest absolute Gasteiger partial charge is 0.354 e. The Morgan fingerprint density at radius 2 is 1.63 bits per heavy atom. The average molecular weight is 598 g/mol. The zero-order chi connectivity index (χ0) is 30.2. The molecule has 0 aliphatic carbocycles. The number of carbonyl (C=O) groups excluding carboxylic acids is 2. The number of carbonyl (C=O) groups is 2. The lowest BCUT2D eigenvalue weighted by molar-refractivity contribution is -0.140. The first kappa shape index (κ1) is 32.2. The lowest BCUT2D eigenvalue weighted by Gasteiger charge is -2.33. The number of aryl methyl sites for hydroxylation is 3. The minimum absolute atomic E-state index is 0.0601. The first-order valence-electron chi connectivity index (χ1n) is 14.0. The number of rotatable bonds is 13. The van der Waals surface area contributed by atoms with Crippen molar-refractivity contribution in [2.24, 2.45) is 0 Å². The Morgan fingerprint density at radius 1 is 0.927 bits per heavy atom. The normalized spacial score (nSPS) is 12.0. The van der Waals surface area contributed by atoms with Gasteiger partial charge in [0.25, 0.3) is 10.0 Å². The molecule has 0 aliphatic heterocycles. The van der Waals surface area contributed by atoms with E-state index < -0.39 is 28.5 Å². The van der Waals surface area contributed by atoms with Crippen LogP contribution >= 0.6 is 11.6 Å². The van der Waals surface area contributed by atoms with Crippen molar-refractivity contribution in [1.82, 2.24) is 10.2 Å². The van der Waals surface area contributed by atoms with Gasteiger partial charge in [-0.25, -0.2) is 8.42 Å². The molecule has 0 bridgehead atoms. The Balaban J connectivity index is 2.08. The third-order valence-electron chi connectivity index (χ3n) is 6.98. The first-order chi connectivity index (χ1) is 19.5. The number of amides is 2. The maximum absolute atomic E-state index is 14.2. The number of hydrogen-bond acceptors (Lipinski definition) is 4. The van der Waals surface area contributed by atoms with Crippen LogP contribution < -0.4 is 9.62 Å². The van der Waals surface area contributed by atoms with Crippen LogP contribution in [0, 0.1) is 20.8 Å². The summed E-state index contributed by atoms with van der Waals surface area (Å²) in [6.07, 6.45) is 2.12. The van der Waals surface area contributed by atoms with Gasteiger partial charge >= 0.3 is 0 Å². The quantitative estimate of drug-likeness (QED) is 0.238. The summed E-state index contributed by atoms with van der Waals surface area (Å²) in [5.41, 5.74) is 3.74. The number of anilines is 1. The van der Waals surface area contributed by atoms with Gasteiger partial charge in [-0.2, -0.15) is 0 Å². The second-order valence-corrected chi connectivity index (χ2v) is 12.6. The smallest absolute Gasteiger partial charge is 0.264 e. The van der Waals surface area contributed by atoms with Crippen LogP contribution in [0.15, 0.2) is 71.6 Å². The molecule has 7 nitrogen and oxygen atoms in total. The molecule has 1 unspecified atom stereocenters. The Bertz CT molecular complexity index is 1460. The summed E-state index contributed by atoms with van der Waals surface area (Å²) in [5.74, 6) is -0.743. The molecule has 0 aromatic heterocycles. The van der Waals surface area contributed by atoms with Crippen LogP contribution in [0.5, 0.6) is 0 Å². The molecule has 1 N–H and O–H groups in total. The van der Waals surface area contributed by atoms with Gasteiger partial charge in [0.1, 0.15) is 12.6 Å². The Hall–Kier alpha value is -3.36. The van der Waals surface area contributed by atoms with Crippen LogP contribution in [0.25, 0.3) is 0 Å². The predicted octanol–water partition coefficient (Wildman–Crippen LogP) is 6.18. The lowest BCUT2D eigenvalue weighted by Crippen LogP contribution is -2.52. The number of nitrogens with one attached hydrogen (secondary N) is 1. The maximum Gasteiger partial charge on any atom is 0.264 e. The van der Waals surface area contributed by atoms with Crippen molar-refractivity contribution in [3.63, 3.8) is 0 Å². The summed E-state index contributed by atoms with van der Waals surface area (Å²) in [6, 6.07) is 18.4. The number of halogens is 1. The molecule has 0 fully saturated rings. The molecule has 0 saturated carbocycles. The van der Waals surface area contributed by atoms with E-state index in [0.29, 0.717) is 29.2 Å². The molecule has 0 aliphatic rings. The van der Waals surface area contributed by atoms with E-state index in [1.165, 1.54) is 17.0 Å². The van der Waals surface area contributed by atoms with Gasteiger partial charge in [0.05, 0.1) is 10.6 Å². The van der Waals surface area contributed by atoms with Crippen molar-refractivity contribution < 1.29 is 18.0 Å². The summed E-state index contributed by atoms with van der Waals surface area (Å²) in [5, 5.41) is 3.30. The van der Waals surface area contributed by atoms with E-state index in [1.807, 2.05) is 52.0 Å². The molecule has 2 amide bonds. The highest BCUT2D eigenvalue weighted by Crippen LogP contribution is 2.30. The van der Waals surface area contributed by atoms with E-state index in [4.69, 9.17) is 11.6 Å². The Labute approximate surface area is 249 Å². The van der Waals surface area contributed by atoms with Crippen molar-refractivity contribution in [3.05, 3.63) is 94.0 Å². The average Bonchev–Trinajstić information content (AvgIpc) is 2.93. The highest BCUT2D eigenvalue weighted by Gasteiger charge is 2.34. The van der Waals surface area contributed by atoms with Gasteiger partial charge in [0.2, 0.25) is 11.8 Å². The van der Waals surface area contributed by atoms with Crippen molar-refractivity contribution in [1.29, 1.82) is 0 Å². The minimum Gasteiger partial charge on any atom is -0.354 e. The van der Waals surface area contributed by atoms with E-state index in [9.17, 15) is 18.0 Å². The van der Waals surface area contributed by atoms with E-state index in [0.717, 1.165) is 33.8 Å². The van der Waals surface area contributed by atoms with Crippen LogP contribution in [0.4, 0.5) is 5.69 Å². The molecule has 3 aromatic carbocycles. The molecular formula is C32H40ClN3O4S. The Morgan fingerprint density at radius 3 is 2.27 bits per heavy atom. The highest BCUT2D eigenvalue weighted by molar-refractivity contribution is 7.92. The third-order valence-corrected chi connectivity index (χ3v) is 8.99. The molecule has 0 saturated heterocycles. The molecule has 3 rings (SSSR count). The van der Waals surface area contributed by atoms with Crippen LogP contribution in [0.2, 0.25) is 5.02 Å². The van der Waals surface area contributed by atoms with Gasteiger partial charge in [-0.3, -0.25) is 13.9 Å². The van der Waals surface area contributed by atoms with Crippen molar-refractivity contribution in [2.45, 2.75) is 71.4 Å². The third kappa shape index (κ3) is 8.33. The van der Waals surface area contributed by atoms with E-state index in [-0.39, 0.29) is 17.3 Å². The van der Waals surface area contributed by atoms with Crippen LogP contribution in [-0.4, -0.2) is 44.3 Å². The molecular weight excluding hydrogens is 558 g/mol. The molecule has 1 atom stereocenters. The SMILES string of the molecule is CCCCNC(=O)C(CC)N(Cc1cccc(C)c1)C(=O)CN(c1cc(Cl)ccc1C)S(=O)(=O)c1ccc(C)cc1. The summed E-state index contributed by atoms with van der Waals surface area (Å²) in [4.78, 5) is 29.0.